The van der Waals surface area contributed by atoms with Crippen molar-refractivity contribution in [3.63, 3.8) is 0 Å². The molecule has 1 aliphatic rings. The topological polar surface area (TPSA) is 67.1 Å². The molecule has 0 saturated heterocycles. The highest BCUT2D eigenvalue weighted by atomic mass is 127. The number of guanidine groups is 1. The average molecular weight is 548 g/mol. The fourth-order valence-corrected chi connectivity index (χ4v) is 3.99. The highest BCUT2D eigenvalue weighted by Gasteiger charge is 2.19. The van der Waals surface area contributed by atoms with Crippen molar-refractivity contribution in [2.45, 2.75) is 51.7 Å². The SMILES string of the molecule is CCc1nncn1CCNC(=NCc1ccccc1F)NC1CCc2ccccc2C1.I. The van der Waals surface area contributed by atoms with Crippen LogP contribution in [0, 0.1) is 5.82 Å². The molecule has 2 N–H and O–H groups in total. The number of nitrogens with zero attached hydrogens (tertiary/aromatic N) is 4. The second-order valence-electron chi connectivity index (χ2n) is 7.83. The molecule has 170 valence electrons. The highest BCUT2D eigenvalue weighted by Crippen LogP contribution is 2.21. The Hall–Kier alpha value is -2.49. The molecule has 0 aliphatic heterocycles. The molecular formula is C24H30FIN6. The van der Waals surface area contributed by atoms with Crippen molar-refractivity contribution in [3.8, 4) is 0 Å². The van der Waals surface area contributed by atoms with Gasteiger partial charge in [0.05, 0.1) is 6.54 Å². The highest BCUT2D eigenvalue weighted by molar-refractivity contribution is 14.0. The third-order valence-electron chi connectivity index (χ3n) is 5.71. The lowest BCUT2D eigenvalue weighted by Crippen LogP contribution is -2.46. The summed E-state index contributed by atoms with van der Waals surface area (Å²) in [5, 5.41) is 15.1. The van der Waals surface area contributed by atoms with Crippen molar-refractivity contribution in [2.75, 3.05) is 6.54 Å². The summed E-state index contributed by atoms with van der Waals surface area (Å²) in [4.78, 5) is 4.68. The number of fused-ring (bicyclic) bond motifs is 1. The summed E-state index contributed by atoms with van der Waals surface area (Å²) in [5.74, 6) is 1.44. The summed E-state index contributed by atoms with van der Waals surface area (Å²) in [5.41, 5.74) is 3.40. The Bertz CT molecular complexity index is 1030. The zero-order chi connectivity index (χ0) is 21.5. The van der Waals surface area contributed by atoms with Gasteiger partial charge in [-0.15, -0.1) is 34.2 Å². The normalized spacial score (nSPS) is 15.6. The molecule has 0 radical (unpaired) electrons. The van der Waals surface area contributed by atoms with Gasteiger partial charge in [-0.25, -0.2) is 9.38 Å². The van der Waals surface area contributed by atoms with E-state index in [9.17, 15) is 4.39 Å². The van der Waals surface area contributed by atoms with Crippen molar-refractivity contribution < 1.29 is 4.39 Å². The Morgan fingerprint density at radius 1 is 1.16 bits per heavy atom. The van der Waals surface area contributed by atoms with Crippen molar-refractivity contribution in [1.29, 1.82) is 0 Å². The fraction of sp³-hybridized carbons (Fsp3) is 0.375. The summed E-state index contributed by atoms with van der Waals surface area (Å²) in [7, 11) is 0. The van der Waals surface area contributed by atoms with E-state index in [4.69, 9.17) is 0 Å². The van der Waals surface area contributed by atoms with E-state index in [0.29, 0.717) is 24.1 Å². The number of benzene rings is 2. The molecule has 8 heteroatoms. The van der Waals surface area contributed by atoms with Gasteiger partial charge in [-0.2, -0.15) is 0 Å². The van der Waals surface area contributed by atoms with Crippen LogP contribution in [0.2, 0.25) is 0 Å². The Morgan fingerprint density at radius 2 is 1.94 bits per heavy atom. The van der Waals surface area contributed by atoms with Crippen LogP contribution >= 0.6 is 24.0 Å². The summed E-state index contributed by atoms with van der Waals surface area (Å²) >= 11 is 0. The Labute approximate surface area is 205 Å². The molecule has 1 atom stereocenters. The summed E-state index contributed by atoms with van der Waals surface area (Å²) in [6.45, 7) is 3.78. The van der Waals surface area contributed by atoms with Gasteiger partial charge in [0.25, 0.3) is 0 Å². The van der Waals surface area contributed by atoms with Crippen LogP contribution in [0.25, 0.3) is 0 Å². The molecule has 0 amide bonds. The van der Waals surface area contributed by atoms with Crippen LogP contribution in [-0.4, -0.2) is 33.3 Å². The molecule has 1 heterocycles. The van der Waals surface area contributed by atoms with Gasteiger partial charge in [0, 0.05) is 31.1 Å². The maximum atomic E-state index is 14.1. The first kappa shape index (κ1) is 24.2. The van der Waals surface area contributed by atoms with Crippen LogP contribution in [0.1, 0.15) is 35.9 Å². The lowest BCUT2D eigenvalue weighted by molar-refractivity contribution is 0.516. The van der Waals surface area contributed by atoms with E-state index >= 15 is 0 Å². The fourth-order valence-electron chi connectivity index (χ4n) is 3.99. The molecule has 0 saturated carbocycles. The minimum Gasteiger partial charge on any atom is -0.355 e. The molecule has 1 aliphatic carbocycles. The Morgan fingerprint density at radius 3 is 2.75 bits per heavy atom. The molecule has 1 aromatic heterocycles. The number of aryl methyl sites for hydroxylation is 2. The van der Waals surface area contributed by atoms with Crippen LogP contribution < -0.4 is 10.6 Å². The van der Waals surface area contributed by atoms with E-state index in [-0.39, 0.29) is 36.3 Å². The predicted molar refractivity (Wildman–Crippen MR) is 136 cm³/mol. The zero-order valence-electron chi connectivity index (χ0n) is 18.3. The average Bonchev–Trinajstić information content (AvgIpc) is 3.25. The van der Waals surface area contributed by atoms with Crippen molar-refractivity contribution in [1.82, 2.24) is 25.4 Å². The van der Waals surface area contributed by atoms with E-state index in [1.54, 1.807) is 18.5 Å². The zero-order valence-corrected chi connectivity index (χ0v) is 20.6. The second kappa shape index (κ2) is 11.9. The number of aliphatic imine (C=N–C) groups is 1. The summed E-state index contributed by atoms with van der Waals surface area (Å²) in [6, 6.07) is 15.7. The summed E-state index contributed by atoms with van der Waals surface area (Å²) < 4.78 is 16.1. The van der Waals surface area contributed by atoms with Gasteiger partial charge in [-0.05, 0) is 36.5 Å². The molecule has 2 aromatic carbocycles. The first-order valence-corrected chi connectivity index (χ1v) is 10.9. The minimum atomic E-state index is -0.228. The van der Waals surface area contributed by atoms with Crippen molar-refractivity contribution in [2.24, 2.45) is 4.99 Å². The third-order valence-corrected chi connectivity index (χ3v) is 5.71. The van der Waals surface area contributed by atoms with Crippen LogP contribution in [0.15, 0.2) is 59.9 Å². The first-order valence-electron chi connectivity index (χ1n) is 10.9. The van der Waals surface area contributed by atoms with Gasteiger partial charge in [-0.3, -0.25) is 0 Å². The van der Waals surface area contributed by atoms with Crippen molar-refractivity contribution >= 4 is 29.9 Å². The van der Waals surface area contributed by atoms with E-state index in [1.807, 2.05) is 10.6 Å². The predicted octanol–water partition coefficient (Wildman–Crippen LogP) is 3.89. The number of hydrogen-bond donors (Lipinski definition) is 2. The second-order valence-corrected chi connectivity index (χ2v) is 7.83. The smallest absolute Gasteiger partial charge is 0.191 e. The number of rotatable bonds is 7. The Balaban J connectivity index is 0.00000289. The van der Waals surface area contributed by atoms with Crippen LogP contribution in [0.4, 0.5) is 4.39 Å². The van der Waals surface area contributed by atoms with Crippen LogP contribution in [0.5, 0.6) is 0 Å². The lowest BCUT2D eigenvalue weighted by Gasteiger charge is -2.27. The molecule has 0 spiro atoms. The van der Waals surface area contributed by atoms with Crippen LogP contribution in [-0.2, 0) is 32.4 Å². The van der Waals surface area contributed by atoms with E-state index in [0.717, 1.165) is 38.1 Å². The number of hydrogen-bond acceptors (Lipinski definition) is 3. The number of halogens is 2. The lowest BCUT2D eigenvalue weighted by atomic mass is 9.88. The molecule has 1 unspecified atom stereocenters. The monoisotopic (exact) mass is 548 g/mol. The standard InChI is InChI=1S/C24H29FN6.HI/c1-2-23-30-28-17-31(23)14-13-26-24(27-16-20-9-5-6-10-22(20)25)29-21-12-11-18-7-3-4-8-19(18)15-21;/h3-10,17,21H,2,11-16H2,1H3,(H2,26,27,29);1H. The van der Waals surface area contributed by atoms with Gasteiger partial charge >= 0.3 is 0 Å². The molecule has 6 nitrogen and oxygen atoms in total. The molecule has 0 bridgehead atoms. The molecular weight excluding hydrogens is 518 g/mol. The Kier molecular flexibility index (Phi) is 9.01. The molecule has 0 fully saturated rings. The van der Waals surface area contributed by atoms with Gasteiger partial charge in [0.1, 0.15) is 18.0 Å². The molecule has 4 rings (SSSR count). The number of aromatic nitrogens is 3. The molecule has 32 heavy (non-hydrogen) atoms. The number of nitrogens with one attached hydrogen (secondary N) is 2. The summed E-state index contributed by atoms with van der Waals surface area (Å²) in [6.07, 6.45) is 5.65. The largest absolute Gasteiger partial charge is 0.355 e. The maximum Gasteiger partial charge on any atom is 0.191 e. The molecule has 3 aromatic rings. The van der Waals surface area contributed by atoms with Crippen LogP contribution in [0.3, 0.4) is 0 Å². The van der Waals surface area contributed by atoms with E-state index < -0.39 is 0 Å². The van der Waals surface area contributed by atoms with Crippen molar-refractivity contribution in [3.05, 3.63) is 83.2 Å². The first-order chi connectivity index (χ1) is 15.2. The van der Waals surface area contributed by atoms with E-state index in [1.165, 1.54) is 17.2 Å². The quantitative estimate of drug-likeness (QED) is 0.267. The van der Waals surface area contributed by atoms with Gasteiger partial charge in [-0.1, -0.05) is 49.4 Å². The van der Waals surface area contributed by atoms with E-state index in [2.05, 4.69) is 57.0 Å². The van der Waals surface area contributed by atoms with Gasteiger partial charge < -0.3 is 15.2 Å². The van der Waals surface area contributed by atoms with Gasteiger partial charge in [0.15, 0.2) is 5.96 Å². The maximum absolute atomic E-state index is 14.1. The third kappa shape index (κ3) is 6.27. The minimum absolute atomic E-state index is 0. The van der Waals surface area contributed by atoms with Gasteiger partial charge in [0.2, 0.25) is 0 Å².